The Labute approximate surface area is 161 Å². The molecule has 1 N–H and O–H groups in total. The summed E-state index contributed by atoms with van der Waals surface area (Å²) in [4.78, 5) is 22.1. The van der Waals surface area contributed by atoms with E-state index in [4.69, 9.17) is 11.6 Å². The van der Waals surface area contributed by atoms with Crippen molar-refractivity contribution in [3.05, 3.63) is 47.0 Å². The molecule has 1 fully saturated rings. The Morgan fingerprint density at radius 1 is 1.30 bits per heavy atom. The molecule has 0 unspecified atom stereocenters. The third-order valence-electron chi connectivity index (χ3n) is 5.44. The monoisotopic (exact) mass is 381 g/mol. The molecule has 7 heteroatoms. The van der Waals surface area contributed by atoms with E-state index in [-0.39, 0.29) is 5.92 Å². The molecule has 27 heavy (non-hydrogen) atoms. The number of amides is 1. The number of carbonyl (C=O) groups is 1. The van der Waals surface area contributed by atoms with Crippen molar-refractivity contribution in [2.75, 3.05) is 13.1 Å². The molecule has 3 aromatic heterocycles. The number of hydrogen-bond donors (Lipinski definition) is 1. The summed E-state index contributed by atoms with van der Waals surface area (Å²) in [5.74, 6) is 0.608. The van der Waals surface area contributed by atoms with Crippen LogP contribution in [0.5, 0.6) is 0 Å². The lowest BCUT2D eigenvalue weighted by molar-refractivity contribution is -0.132. The van der Waals surface area contributed by atoms with Crippen LogP contribution in [0.3, 0.4) is 0 Å². The van der Waals surface area contributed by atoms with Crippen molar-refractivity contribution in [2.45, 2.75) is 26.2 Å². The van der Waals surface area contributed by atoms with Gasteiger partial charge in [0.2, 0.25) is 5.91 Å². The molecule has 0 saturated heterocycles. The average molecular weight is 382 g/mol. The predicted octanol–water partition coefficient (Wildman–Crippen LogP) is 3.74. The lowest BCUT2D eigenvalue weighted by Crippen LogP contribution is -2.35. The van der Waals surface area contributed by atoms with E-state index in [1.165, 1.54) is 5.57 Å². The van der Waals surface area contributed by atoms with E-state index in [0.717, 1.165) is 53.9 Å². The number of fused-ring (bicyclic) bond motifs is 1. The molecule has 6 nitrogen and oxygen atoms in total. The SMILES string of the molecule is Cc1c(Cl)cnn1-c1cnc2[nH]c(C3=CCN(C(=O)C4CC4)CC3)cc2c1. The Hall–Kier alpha value is -2.60. The van der Waals surface area contributed by atoms with Gasteiger partial charge in [-0.2, -0.15) is 5.10 Å². The molecular formula is C20H20ClN5O. The van der Waals surface area contributed by atoms with Crippen LogP contribution in [0, 0.1) is 12.8 Å². The van der Waals surface area contributed by atoms with Gasteiger partial charge in [0, 0.05) is 30.1 Å². The molecule has 138 valence electrons. The van der Waals surface area contributed by atoms with Gasteiger partial charge in [-0.1, -0.05) is 17.7 Å². The van der Waals surface area contributed by atoms with Crippen molar-refractivity contribution >= 4 is 34.1 Å². The topological polar surface area (TPSA) is 66.8 Å². The summed E-state index contributed by atoms with van der Waals surface area (Å²) in [6, 6.07) is 4.18. The highest BCUT2D eigenvalue weighted by Crippen LogP contribution is 2.33. The number of rotatable bonds is 3. The lowest BCUT2D eigenvalue weighted by Gasteiger charge is -2.26. The molecule has 1 saturated carbocycles. The Morgan fingerprint density at radius 3 is 2.81 bits per heavy atom. The normalized spacial score (nSPS) is 17.4. The van der Waals surface area contributed by atoms with Crippen molar-refractivity contribution < 1.29 is 4.79 Å². The Morgan fingerprint density at radius 2 is 2.15 bits per heavy atom. The number of hydrogen-bond acceptors (Lipinski definition) is 3. The highest BCUT2D eigenvalue weighted by molar-refractivity contribution is 6.31. The number of carbonyl (C=O) groups excluding carboxylic acids is 1. The minimum Gasteiger partial charge on any atom is -0.339 e. The second-order valence-corrected chi connectivity index (χ2v) is 7.75. The van der Waals surface area contributed by atoms with Gasteiger partial charge >= 0.3 is 0 Å². The fourth-order valence-corrected chi connectivity index (χ4v) is 3.77. The molecule has 1 amide bonds. The first-order valence-corrected chi connectivity index (χ1v) is 9.65. The summed E-state index contributed by atoms with van der Waals surface area (Å²) in [5, 5.41) is 5.99. The molecule has 0 atom stereocenters. The third-order valence-corrected chi connectivity index (χ3v) is 5.81. The zero-order chi connectivity index (χ0) is 18.5. The van der Waals surface area contributed by atoms with E-state index in [1.54, 1.807) is 17.1 Å². The maximum atomic E-state index is 12.2. The molecule has 0 aromatic carbocycles. The highest BCUT2D eigenvalue weighted by Gasteiger charge is 2.33. The van der Waals surface area contributed by atoms with Crippen LogP contribution in [0.2, 0.25) is 5.02 Å². The van der Waals surface area contributed by atoms with Gasteiger partial charge in [-0.3, -0.25) is 4.79 Å². The molecule has 4 heterocycles. The van der Waals surface area contributed by atoms with E-state index in [0.29, 0.717) is 17.5 Å². The second kappa shape index (κ2) is 6.23. The maximum Gasteiger partial charge on any atom is 0.225 e. The van der Waals surface area contributed by atoms with Crippen LogP contribution in [-0.2, 0) is 4.79 Å². The van der Waals surface area contributed by atoms with Gasteiger partial charge in [-0.15, -0.1) is 0 Å². The summed E-state index contributed by atoms with van der Waals surface area (Å²) in [6.07, 6.45) is 8.58. The zero-order valence-electron chi connectivity index (χ0n) is 15.1. The molecule has 5 rings (SSSR count). The molecule has 3 aromatic rings. The van der Waals surface area contributed by atoms with Gasteiger partial charge < -0.3 is 9.88 Å². The van der Waals surface area contributed by atoms with Crippen molar-refractivity contribution in [2.24, 2.45) is 5.92 Å². The quantitative estimate of drug-likeness (QED) is 0.751. The smallest absolute Gasteiger partial charge is 0.225 e. The van der Waals surface area contributed by atoms with Crippen LogP contribution in [0.4, 0.5) is 0 Å². The van der Waals surface area contributed by atoms with E-state index in [9.17, 15) is 4.79 Å². The summed E-state index contributed by atoms with van der Waals surface area (Å²) < 4.78 is 1.79. The van der Waals surface area contributed by atoms with Gasteiger partial charge in [-0.25, -0.2) is 9.67 Å². The second-order valence-electron chi connectivity index (χ2n) is 7.34. The van der Waals surface area contributed by atoms with E-state index >= 15 is 0 Å². The van der Waals surface area contributed by atoms with Crippen LogP contribution in [0.25, 0.3) is 22.3 Å². The van der Waals surface area contributed by atoms with Crippen LogP contribution in [0.1, 0.15) is 30.7 Å². The van der Waals surface area contributed by atoms with Gasteiger partial charge in [0.25, 0.3) is 0 Å². The number of pyridine rings is 1. The van der Waals surface area contributed by atoms with Crippen molar-refractivity contribution in [1.82, 2.24) is 24.6 Å². The molecule has 0 radical (unpaired) electrons. The number of aromatic amines is 1. The standard InChI is InChI=1S/C20H20ClN5O/c1-12-17(21)11-23-26(12)16-8-15-9-18(24-19(15)22-10-16)13-4-6-25(7-5-13)20(27)14-2-3-14/h4,8-11,14H,2-3,5-7H2,1H3,(H,22,24). The molecule has 0 spiro atoms. The van der Waals surface area contributed by atoms with Gasteiger partial charge in [-0.05, 0) is 43.9 Å². The number of nitrogens with one attached hydrogen (secondary N) is 1. The minimum absolute atomic E-state index is 0.287. The maximum absolute atomic E-state index is 12.2. The van der Waals surface area contributed by atoms with Crippen molar-refractivity contribution in [3.63, 3.8) is 0 Å². The largest absolute Gasteiger partial charge is 0.339 e. The van der Waals surface area contributed by atoms with Gasteiger partial charge in [0.1, 0.15) is 5.65 Å². The first-order valence-electron chi connectivity index (χ1n) is 9.27. The first kappa shape index (κ1) is 16.6. The Balaban J connectivity index is 1.41. The van der Waals surface area contributed by atoms with Crippen LogP contribution >= 0.6 is 11.6 Å². The number of halogens is 1. The van der Waals surface area contributed by atoms with Crippen molar-refractivity contribution in [1.29, 1.82) is 0 Å². The van der Waals surface area contributed by atoms with Crippen LogP contribution < -0.4 is 0 Å². The van der Waals surface area contributed by atoms with Crippen LogP contribution in [-0.4, -0.2) is 43.6 Å². The fourth-order valence-electron chi connectivity index (χ4n) is 3.64. The minimum atomic E-state index is 0.287. The predicted molar refractivity (Wildman–Crippen MR) is 105 cm³/mol. The third kappa shape index (κ3) is 2.94. The van der Waals surface area contributed by atoms with E-state index in [1.807, 2.05) is 11.8 Å². The summed E-state index contributed by atoms with van der Waals surface area (Å²) >= 11 is 6.12. The summed E-state index contributed by atoms with van der Waals surface area (Å²) in [7, 11) is 0. The first-order chi connectivity index (χ1) is 13.1. The highest BCUT2D eigenvalue weighted by atomic mass is 35.5. The lowest BCUT2D eigenvalue weighted by atomic mass is 10.0. The molecule has 1 aliphatic carbocycles. The Bertz CT molecular complexity index is 1080. The van der Waals surface area contributed by atoms with Crippen molar-refractivity contribution in [3.8, 4) is 5.69 Å². The average Bonchev–Trinajstić information content (AvgIpc) is 3.37. The van der Waals surface area contributed by atoms with E-state index < -0.39 is 0 Å². The molecule has 0 bridgehead atoms. The number of aromatic nitrogens is 4. The summed E-state index contributed by atoms with van der Waals surface area (Å²) in [6.45, 7) is 3.42. The van der Waals surface area contributed by atoms with Crippen LogP contribution in [0.15, 0.2) is 30.6 Å². The number of nitrogens with zero attached hydrogens (tertiary/aromatic N) is 4. The van der Waals surface area contributed by atoms with Gasteiger partial charge in [0.05, 0.1) is 28.8 Å². The zero-order valence-corrected chi connectivity index (χ0v) is 15.8. The molecular weight excluding hydrogens is 362 g/mol. The van der Waals surface area contributed by atoms with E-state index in [2.05, 4.69) is 33.3 Å². The fraction of sp³-hybridized carbons (Fsp3) is 0.350. The molecule has 2 aliphatic rings. The summed E-state index contributed by atoms with van der Waals surface area (Å²) in [5.41, 5.74) is 4.94. The number of H-pyrrole nitrogens is 1. The molecule has 1 aliphatic heterocycles. The Kier molecular flexibility index (Phi) is 3.82. The van der Waals surface area contributed by atoms with Gasteiger partial charge in [0.15, 0.2) is 0 Å².